The molecule has 0 aliphatic heterocycles. The highest BCUT2D eigenvalue weighted by Gasteiger charge is 2.14. The minimum absolute atomic E-state index is 0.0227. The van der Waals surface area contributed by atoms with Crippen molar-refractivity contribution in [3.05, 3.63) is 29.0 Å². The summed E-state index contributed by atoms with van der Waals surface area (Å²) in [6.07, 6.45) is 1.34. The predicted octanol–water partition coefficient (Wildman–Crippen LogP) is 1.27. The minimum Gasteiger partial charge on any atom is -0.510 e. The van der Waals surface area contributed by atoms with Gasteiger partial charge in [0.2, 0.25) is 5.70 Å². The summed E-state index contributed by atoms with van der Waals surface area (Å²) in [4.78, 5) is 20.7. The standard InChI is InChI=1S/C7H9NO4/c1-3-4-12-7(10)6(8-11)5(2)9/h3,9H,1,4H2,2H3. The van der Waals surface area contributed by atoms with Gasteiger partial charge in [0.15, 0.2) is 0 Å². The summed E-state index contributed by atoms with van der Waals surface area (Å²) >= 11 is 0. The lowest BCUT2D eigenvalue weighted by Gasteiger charge is -1.99. The number of esters is 1. The maximum absolute atomic E-state index is 10.8. The summed E-state index contributed by atoms with van der Waals surface area (Å²) in [5.41, 5.74) is -0.614. The molecule has 0 spiro atoms. The highest BCUT2D eigenvalue weighted by Crippen LogP contribution is 2.04. The summed E-state index contributed by atoms with van der Waals surface area (Å²) in [5, 5.41) is 11.1. The summed E-state index contributed by atoms with van der Waals surface area (Å²) in [5.74, 6) is -1.41. The van der Waals surface area contributed by atoms with Gasteiger partial charge >= 0.3 is 5.97 Å². The van der Waals surface area contributed by atoms with Crippen LogP contribution < -0.4 is 0 Å². The normalized spacial score (nSPS) is 11.4. The Labute approximate surface area is 69.3 Å². The van der Waals surface area contributed by atoms with Gasteiger partial charge < -0.3 is 9.84 Å². The number of hydrogen-bond acceptors (Lipinski definition) is 5. The number of hydrogen-bond donors (Lipinski definition) is 1. The van der Waals surface area contributed by atoms with Crippen molar-refractivity contribution >= 4 is 5.97 Å². The number of carbonyl (C=O) groups is 1. The number of rotatable bonds is 4. The van der Waals surface area contributed by atoms with Gasteiger partial charge in [-0.25, -0.2) is 4.79 Å². The number of aliphatic hydroxyl groups is 1. The lowest BCUT2D eigenvalue weighted by Crippen LogP contribution is -2.07. The second-order valence-electron chi connectivity index (χ2n) is 1.91. The molecule has 0 rings (SSSR count). The van der Waals surface area contributed by atoms with Crippen LogP contribution in [0.4, 0.5) is 0 Å². The van der Waals surface area contributed by atoms with Gasteiger partial charge in [-0.15, -0.1) is 4.91 Å². The van der Waals surface area contributed by atoms with Crippen molar-refractivity contribution in [3.63, 3.8) is 0 Å². The first kappa shape index (κ1) is 10.3. The third-order valence-corrected chi connectivity index (χ3v) is 0.960. The number of aliphatic hydroxyl groups excluding tert-OH is 1. The van der Waals surface area contributed by atoms with Gasteiger partial charge in [0.1, 0.15) is 12.4 Å². The largest absolute Gasteiger partial charge is 0.510 e. The Morgan fingerprint density at radius 1 is 1.75 bits per heavy atom. The Balaban J connectivity index is 4.34. The van der Waals surface area contributed by atoms with E-state index in [-0.39, 0.29) is 6.61 Å². The van der Waals surface area contributed by atoms with Crippen molar-refractivity contribution in [1.29, 1.82) is 0 Å². The molecule has 0 amide bonds. The van der Waals surface area contributed by atoms with Crippen LogP contribution in [0.5, 0.6) is 0 Å². The Hall–Kier alpha value is -1.65. The number of carbonyl (C=O) groups excluding carboxylic acids is 1. The highest BCUT2D eigenvalue weighted by atomic mass is 16.5. The average Bonchev–Trinajstić information content (AvgIpc) is 2.01. The van der Waals surface area contributed by atoms with Crippen molar-refractivity contribution in [1.82, 2.24) is 0 Å². The molecular formula is C7H9NO4. The molecule has 5 heteroatoms. The molecule has 0 aliphatic carbocycles. The summed E-state index contributed by atoms with van der Waals surface area (Å²) in [7, 11) is 0. The fraction of sp³-hybridized carbons (Fsp3) is 0.286. The topological polar surface area (TPSA) is 76.0 Å². The van der Waals surface area contributed by atoms with Gasteiger partial charge in [0.25, 0.3) is 0 Å². The van der Waals surface area contributed by atoms with Crippen molar-refractivity contribution in [2.45, 2.75) is 6.92 Å². The molecule has 0 saturated heterocycles. The second kappa shape index (κ2) is 5.06. The van der Waals surface area contributed by atoms with Crippen LogP contribution in [0.2, 0.25) is 0 Å². The molecule has 0 aromatic carbocycles. The molecule has 0 saturated carbocycles. The zero-order valence-electron chi connectivity index (χ0n) is 6.61. The van der Waals surface area contributed by atoms with Gasteiger partial charge in [0, 0.05) is 0 Å². The lowest BCUT2D eigenvalue weighted by atomic mass is 10.4. The third-order valence-electron chi connectivity index (χ3n) is 0.960. The Morgan fingerprint density at radius 2 is 2.33 bits per heavy atom. The molecule has 0 aromatic rings. The van der Waals surface area contributed by atoms with E-state index in [1.165, 1.54) is 13.0 Å². The number of ether oxygens (including phenoxy) is 1. The summed E-state index contributed by atoms with van der Waals surface area (Å²) in [6.45, 7) is 4.45. The molecular weight excluding hydrogens is 162 g/mol. The Kier molecular flexibility index (Phi) is 4.36. The van der Waals surface area contributed by atoms with E-state index in [2.05, 4.69) is 16.5 Å². The molecule has 66 valence electrons. The van der Waals surface area contributed by atoms with E-state index in [0.717, 1.165) is 0 Å². The van der Waals surface area contributed by atoms with Crippen LogP contribution in [0, 0.1) is 4.91 Å². The summed E-state index contributed by atoms with van der Waals surface area (Å²) < 4.78 is 4.44. The maximum atomic E-state index is 10.8. The van der Waals surface area contributed by atoms with E-state index in [1.807, 2.05) is 0 Å². The molecule has 12 heavy (non-hydrogen) atoms. The lowest BCUT2D eigenvalue weighted by molar-refractivity contribution is -0.138. The second-order valence-corrected chi connectivity index (χ2v) is 1.91. The molecule has 0 atom stereocenters. The van der Waals surface area contributed by atoms with E-state index in [1.54, 1.807) is 0 Å². The molecule has 1 N–H and O–H groups in total. The quantitative estimate of drug-likeness (QED) is 0.227. The fourth-order valence-electron chi connectivity index (χ4n) is 0.454. The zero-order valence-corrected chi connectivity index (χ0v) is 6.61. The van der Waals surface area contributed by atoms with E-state index in [4.69, 9.17) is 5.11 Å². The number of allylic oxidation sites excluding steroid dienone is 1. The van der Waals surface area contributed by atoms with Gasteiger partial charge in [0.05, 0.1) is 0 Å². The third kappa shape index (κ3) is 2.96. The molecule has 5 nitrogen and oxygen atoms in total. The first-order chi connectivity index (χ1) is 5.63. The van der Waals surface area contributed by atoms with Gasteiger partial charge in [-0.05, 0) is 12.1 Å². The van der Waals surface area contributed by atoms with E-state index < -0.39 is 17.4 Å². The van der Waals surface area contributed by atoms with Gasteiger partial charge in [-0.2, -0.15) is 0 Å². The molecule has 0 radical (unpaired) electrons. The molecule has 0 fully saturated rings. The molecule has 0 aliphatic rings. The monoisotopic (exact) mass is 171 g/mol. The van der Waals surface area contributed by atoms with Crippen LogP contribution in [-0.2, 0) is 9.53 Å². The van der Waals surface area contributed by atoms with Gasteiger partial charge in [-0.3, -0.25) is 0 Å². The smallest absolute Gasteiger partial charge is 0.364 e. The molecule has 0 unspecified atom stereocenters. The molecule has 0 heterocycles. The van der Waals surface area contributed by atoms with Crippen molar-refractivity contribution in [2.24, 2.45) is 5.18 Å². The van der Waals surface area contributed by atoms with E-state index >= 15 is 0 Å². The predicted molar refractivity (Wildman–Crippen MR) is 42.3 cm³/mol. The Morgan fingerprint density at radius 3 is 2.67 bits per heavy atom. The fourth-order valence-corrected chi connectivity index (χ4v) is 0.454. The van der Waals surface area contributed by atoms with Crippen LogP contribution >= 0.6 is 0 Å². The first-order valence-electron chi connectivity index (χ1n) is 3.14. The maximum Gasteiger partial charge on any atom is 0.364 e. The molecule has 0 aromatic heterocycles. The van der Waals surface area contributed by atoms with Crippen LogP contribution in [0.3, 0.4) is 0 Å². The van der Waals surface area contributed by atoms with Crippen LogP contribution in [0.15, 0.2) is 29.3 Å². The number of nitroso groups, excluding NO2 is 1. The van der Waals surface area contributed by atoms with Gasteiger partial charge in [-0.1, -0.05) is 12.7 Å². The highest BCUT2D eigenvalue weighted by molar-refractivity contribution is 5.88. The molecule has 0 bridgehead atoms. The SMILES string of the molecule is C=CCOC(=O)C(N=O)=C(C)O. The van der Waals surface area contributed by atoms with E-state index in [0.29, 0.717) is 0 Å². The first-order valence-corrected chi connectivity index (χ1v) is 3.14. The average molecular weight is 171 g/mol. The summed E-state index contributed by atoms with van der Waals surface area (Å²) in [6, 6.07) is 0. The minimum atomic E-state index is -0.954. The van der Waals surface area contributed by atoms with E-state index in [9.17, 15) is 9.70 Å². The van der Waals surface area contributed by atoms with Crippen molar-refractivity contribution in [2.75, 3.05) is 6.61 Å². The Bertz CT molecular complexity index is 228. The number of nitrogens with zero attached hydrogens (tertiary/aromatic N) is 1. The van der Waals surface area contributed by atoms with Crippen molar-refractivity contribution < 1.29 is 14.6 Å². The van der Waals surface area contributed by atoms with Crippen LogP contribution in [-0.4, -0.2) is 17.7 Å². The van der Waals surface area contributed by atoms with Crippen molar-refractivity contribution in [3.8, 4) is 0 Å². The van der Waals surface area contributed by atoms with Crippen LogP contribution in [0.1, 0.15) is 6.92 Å². The van der Waals surface area contributed by atoms with Crippen LogP contribution in [0.25, 0.3) is 0 Å². The zero-order chi connectivity index (χ0) is 9.56.